The van der Waals surface area contributed by atoms with Gasteiger partial charge >= 0.3 is 0 Å². The number of benzene rings is 1. The van der Waals surface area contributed by atoms with Gasteiger partial charge in [0.05, 0.1) is 0 Å². The minimum absolute atomic E-state index is 0.0210. The van der Waals surface area contributed by atoms with Gasteiger partial charge in [0.2, 0.25) is 0 Å². The van der Waals surface area contributed by atoms with E-state index in [0.717, 1.165) is 5.69 Å². The predicted molar refractivity (Wildman–Crippen MR) is 112 cm³/mol. The Bertz CT molecular complexity index is 1260. The zero-order chi connectivity index (χ0) is 21.3. The molecule has 0 amide bonds. The highest BCUT2D eigenvalue weighted by molar-refractivity contribution is 7.92. The maximum absolute atomic E-state index is 12.5. The van der Waals surface area contributed by atoms with Crippen LogP contribution in [-0.4, -0.2) is 37.7 Å². The number of hydrogen-bond acceptors (Lipinski definition) is 7. The molecule has 0 spiro atoms. The molecule has 0 saturated heterocycles. The third-order valence-corrected chi connectivity index (χ3v) is 5.59. The van der Waals surface area contributed by atoms with Gasteiger partial charge in [-0.05, 0) is 44.2 Å². The zero-order valence-electron chi connectivity index (χ0n) is 16.6. The first kappa shape index (κ1) is 19.6. The van der Waals surface area contributed by atoms with Crippen molar-refractivity contribution in [2.75, 3.05) is 10.0 Å². The van der Waals surface area contributed by atoms with Gasteiger partial charge in [-0.3, -0.25) is 4.72 Å². The van der Waals surface area contributed by atoms with E-state index in [2.05, 4.69) is 30.1 Å². The normalized spacial score (nSPS) is 11.4. The molecule has 0 aliphatic rings. The number of rotatable bonds is 6. The Balaban J connectivity index is 1.50. The summed E-state index contributed by atoms with van der Waals surface area (Å²) in [5.74, 6) is 2.46. The molecular formula is C19H20N8O2S. The van der Waals surface area contributed by atoms with E-state index in [1.54, 1.807) is 72.9 Å². The van der Waals surface area contributed by atoms with Crippen molar-refractivity contribution in [1.82, 2.24) is 29.3 Å². The topological polar surface area (TPSA) is 120 Å². The Morgan fingerprint density at radius 3 is 2.37 bits per heavy atom. The van der Waals surface area contributed by atoms with Crippen molar-refractivity contribution >= 4 is 27.2 Å². The number of hydrogen-bond donors (Lipinski definition) is 2. The minimum Gasteiger partial charge on any atom is -0.340 e. The first-order chi connectivity index (χ1) is 14.3. The zero-order valence-corrected chi connectivity index (χ0v) is 17.4. The molecule has 3 aromatic heterocycles. The summed E-state index contributed by atoms with van der Waals surface area (Å²) in [5.41, 5.74) is 1.18. The highest BCUT2D eigenvalue weighted by Gasteiger charge is 2.18. The summed E-state index contributed by atoms with van der Waals surface area (Å²) in [4.78, 5) is 12.8. The number of anilines is 3. The Labute approximate surface area is 173 Å². The monoisotopic (exact) mass is 424 g/mol. The van der Waals surface area contributed by atoms with Crippen molar-refractivity contribution in [3.8, 4) is 5.82 Å². The summed E-state index contributed by atoms with van der Waals surface area (Å²) in [6.45, 7) is 3.54. The Kier molecular flexibility index (Phi) is 4.96. The minimum atomic E-state index is -3.76. The van der Waals surface area contributed by atoms with Crippen LogP contribution in [0.15, 0.2) is 60.0 Å². The number of sulfonamides is 1. The van der Waals surface area contributed by atoms with Crippen molar-refractivity contribution < 1.29 is 8.42 Å². The molecule has 11 heteroatoms. The second kappa shape index (κ2) is 7.59. The largest absolute Gasteiger partial charge is 0.340 e. The van der Waals surface area contributed by atoms with Crippen LogP contribution in [0.25, 0.3) is 5.82 Å². The first-order valence-corrected chi connectivity index (χ1v) is 10.5. The van der Waals surface area contributed by atoms with Crippen LogP contribution in [-0.2, 0) is 17.1 Å². The van der Waals surface area contributed by atoms with Crippen LogP contribution in [0.2, 0.25) is 0 Å². The van der Waals surface area contributed by atoms with Crippen molar-refractivity contribution in [3.05, 3.63) is 66.6 Å². The van der Waals surface area contributed by atoms with E-state index in [9.17, 15) is 8.42 Å². The van der Waals surface area contributed by atoms with Crippen LogP contribution in [0.4, 0.5) is 17.2 Å². The molecule has 1 aromatic carbocycles. The molecule has 0 bridgehead atoms. The summed E-state index contributed by atoms with van der Waals surface area (Å²) >= 11 is 0. The van der Waals surface area contributed by atoms with Gasteiger partial charge in [-0.2, -0.15) is 13.5 Å². The van der Waals surface area contributed by atoms with E-state index < -0.39 is 10.0 Å². The third-order valence-electron chi connectivity index (χ3n) is 4.33. The molecule has 0 aliphatic heterocycles. The average Bonchev–Trinajstić information content (AvgIpc) is 3.34. The third kappa shape index (κ3) is 4.15. The second-order valence-electron chi connectivity index (χ2n) is 6.65. The standard InChI is InChI=1S/C19H20N8O2S/c1-13-21-17(11-18(22-13)27-10-4-9-20-27)24-15-5-7-16(8-6-15)25-30(28,29)19-12-26(3)14(2)23-19/h4-12,25H,1-3H3,(H,21,22,24). The fourth-order valence-electron chi connectivity index (χ4n) is 2.77. The Morgan fingerprint density at radius 1 is 1.00 bits per heavy atom. The highest BCUT2D eigenvalue weighted by atomic mass is 32.2. The van der Waals surface area contributed by atoms with Crippen LogP contribution in [0, 0.1) is 13.8 Å². The highest BCUT2D eigenvalue weighted by Crippen LogP contribution is 2.21. The van der Waals surface area contributed by atoms with E-state index in [-0.39, 0.29) is 5.03 Å². The van der Waals surface area contributed by atoms with Gasteiger partial charge in [-0.15, -0.1) is 0 Å². The SMILES string of the molecule is Cc1nc(Nc2ccc(NS(=O)(=O)c3cn(C)c(C)n3)cc2)cc(-n2cccn2)n1. The number of aromatic nitrogens is 6. The van der Waals surface area contributed by atoms with Crippen LogP contribution < -0.4 is 10.0 Å². The predicted octanol–water partition coefficient (Wildman–Crippen LogP) is 2.56. The molecule has 0 saturated carbocycles. The van der Waals surface area contributed by atoms with Gasteiger partial charge in [0, 0.05) is 43.1 Å². The molecule has 0 radical (unpaired) electrons. The molecule has 4 rings (SSSR count). The van der Waals surface area contributed by atoms with E-state index >= 15 is 0 Å². The van der Waals surface area contributed by atoms with Gasteiger partial charge in [0.25, 0.3) is 10.0 Å². The van der Waals surface area contributed by atoms with Crippen molar-refractivity contribution in [2.24, 2.45) is 7.05 Å². The lowest BCUT2D eigenvalue weighted by molar-refractivity contribution is 0.598. The maximum atomic E-state index is 12.5. The average molecular weight is 424 g/mol. The molecule has 30 heavy (non-hydrogen) atoms. The summed E-state index contributed by atoms with van der Waals surface area (Å²) < 4.78 is 30.8. The molecule has 0 aliphatic carbocycles. The molecule has 3 heterocycles. The second-order valence-corrected chi connectivity index (χ2v) is 8.28. The van der Waals surface area contributed by atoms with Crippen LogP contribution in [0.1, 0.15) is 11.6 Å². The molecule has 0 atom stereocenters. The van der Waals surface area contributed by atoms with E-state index in [4.69, 9.17) is 0 Å². The number of nitrogens with zero attached hydrogens (tertiary/aromatic N) is 6. The van der Waals surface area contributed by atoms with E-state index in [1.165, 1.54) is 6.20 Å². The quantitative estimate of drug-likeness (QED) is 0.488. The van der Waals surface area contributed by atoms with Gasteiger partial charge in [0.1, 0.15) is 17.5 Å². The lowest BCUT2D eigenvalue weighted by Crippen LogP contribution is -2.13. The van der Waals surface area contributed by atoms with Crippen LogP contribution in [0.5, 0.6) is 0 Å². The Hall–Kier alpha value is -3.73. The number of aryl methyl sites for hydroxylation is 3. The van der Waals surface area contributed by atoms with Crippen LogP contribution >= 0.6 is 0 Å². The van der Waals surface area contributed by atoms with E-state index in [0.29, 0.717) is 29.0 Å². The molecular weight excluding hydrogens is 404 g/mol. The maximum Gasteiger partial charge on any atom is 0.280 e. The first-order valence-electron chi connectivity index (χ1n) is 9.06. The van der Waals surface area contributed by atoms with Crippen molar-refractivity contribution in [1.29, 1.82) is 0 Å². The van der Waals surface area contributed by atoms with Gasteiger partial charge in [0.15, 0.2) is 10.8 Å². The molecule has 2 N–H and O–H groups in total. The summed E-state index contributed by atoms with van der Waals surface area (Å²) in [7, 11) is -2.01. The molecule has 10 nitrogen and oxygen atoms in total. The lowest BCUT2D eigenvalue weighted by atomic mass is 10.3. The van der Waals surface area contributed by atoms with Gasteiger partial charge in [-0.1, -0.05) is 0 Å². The smallest absolute Gasteiger partial charge is 0.280 e. The van der Waals surface area contributed by atoms with Gasteiger partial charge < -0.3 is 9.88 Å². The summed E-state index contributed by atoms with van der Waals surface area (Å²) in [6, 6.07) is 10.4. The lowest BCUT2D eigenvalue weighted by Gasteiger charge is -2.10. The number of imidazole rings is 1. The van der Waals surface area contributed by atoms with Crippen molar-refractivity contribution in [2.45, 2.75) is 18.9 Å². The van der Waals surface area contributed by atoms with Crippen molar-refractivity contribution in [3.63, 3.8) is 0 Å². The Morgan fingerprint density at radius 2 is 1.73 bits per heavy atom. The number of nitrogens with one attached hydrogen (secondary N) is 2. The van der Waals surface area contributed by atoms with Crippen LogP contribution in [0.3, 0.4) is 0 Å². The van der Waals surface area contributed by atoms with Gasteiger partial charge in [-0.25, -0.2) is 19.6 Å². The molecule has 4 aromatic rings. The fraction of sp³-hybridized carbons (Fsp3) is 0.158. The molecule has 0 unspecified atom stereocenters. The molecule has 0 fully saturated rings. The van der Waals surface area contributed by atoms with E-state index in [1.807, 2.05) is 6.07 Å². The summed E-state index contributed by atoms with van der Waals surface area (Å²) in [5, 5.41) is 7.35. The summed E-state index contributed by atoms with van der Waals surface area (Å²) in [6.07, 6.45) is 4.95. The molecule has 154 valence electrons. The fourth-order valence-corrected chi connectivity index (χ4v) is 3.87.